The number of pyridine rings is 1. The van der Waals surface area contributed by atoms with E-state index in [9.17, 15) is 9.59 Å². The number of aryl methyl sites for hydroxylation is 2. The summed E-state index contributed by atoms with van der Waals surface area (Å²) in [6, 6.07) is 11.3. The van der Waals surface area contributed by atoms with E-state index in [2.05, 4.69) is 30.1 Å². The number of ether oxygens (including phenoxy) is 1. The van der Waals surface area contributed by atoms with Crippen LogP contribution in [0.15, 0.2) is 61.2 Å². The minimum atomic E-state index is -0.707. The van der Waals surface area contributed by atoms with Gasteiger partial charge in [0, 0.05) is 80.0 Å². The normalized spacial score (nSPS) is 16.2. The average molecular weight is 524 g/mol. The molecular weight excluding hydrogens is 494 g/mol. The zero-order chi connectivity index (χ0) is 27.1. The van der Waals surface area contributed by atoms with Crippen molar-refractivity contribution in [1.29, 1.82) is 0 Å². The molecule has 0 radical (unpaired) electrons. The van der Waals surface area contributed by atoms with Crippen LogP contribution in [0.1, 0.15) is 21.7 Å². The second-order valence-electron chi connectivity index (χ2n) is 9.98. The van der Waals surface area contributed by atoms with Crippen molar-refractivity contribution in [1.82, 2.24) is 19.5 Å². The van der Waals surface area contributed by atoms with Crippen molar-refractivity contribution in [3.05, 3.63) is 78.1 Å². The first kappa shape index (κ1) is 24.6. The van der Waals surface area contributed by atoms with Crippen LogP contribution in [0.4, 0.5) is 17.3 Å². The van der Waals surface area contributed by atoms with E-state index in [4.69, 9.17) is 4.74 Å². The van der Waals surface area contributed by atoms with Gasteiger partial charge in [0.15, 0.2) is 0 Å². The molecule has 3 aromatic heterocycles. The minimum Gasteiger partial charge on any atom is -0.489 e. The number of hydrogen-bond donors (Lipinski definition) is 1. The van der Waals surface area contributed by atoms with Crippen LogP contribution in [0.25, 0.3) is 11.1 Å². The first-order chi connectivity index (χ1) is 18.9. The van der Waals surface area contributed by atoms with Gasteiger partial charge in [-0.2, -0.15) is 0 Å². The second kappa shape index (κ2) is 9.86. The van der Waals surface area contributed by atoms with Gasteiger partial charge < -0.3 is 24.4 Å². The summed E-state index contributed by atoms with van der Waals surface area (Å²) in [4.78, 5) is 44.0. The van der Waals surface area contributed by atoms with E-state index in [0.717, 1.165) is 48.1 Å². The number of amides is 1. The van der Waals surface area contributed by atoms with Crippen molar-refractivity contribution < 1.29 is 14.3 Å². The highest BCUT2D eigenvalue weighted by molar-refractivity contribution is 6.47. The summed E-state index contributed by atoms with van der Waals surface area (Å²) in [6.07, 6.45) is 7.03. The number of aromatic nitrogens is 4. The number of rotatable bonds is 5. The summed E-state index contributed by atoms with van der Waals surface area (Å²) in [5.41, 5.74) is 5.16. The molecule has 1 aromatic carbocycles. The van der Waals surface area contributed by atoms with E-state index in [1.807, 2.05) is 50.5 Å². The largest absolute Gasteiger partial charge is 0.489 e. The molecule has 0 spiro atoms. The Balaban J connectivity index is 1.18. The number of benzene rings is 1. The molecular formula is C29H29N7O3. The fourth-order valence-electron chi connectivity index (χ4n) is 5.22. The van der Waals surface area contributed by atoms with Gasteiger partial charge in [-0.05, 0) is 43.7 Å². The first-order valence-corrected chi connectivity index (χ1v) is 12.9. The molecule has 39 heavy (non-hydrogen) atoms. The molecule has 1 atom stereocenters. The van der Waals surface area contributed by atoms with E-state index in [-0.39, 0.29) is 6.04 Å². The number of piperazine rings is 1. The van der Waals surface area contributed by atoms with Crippen LogP contribution in [0.5, 0.6) is 5.75 Å². The Kier molecular flexibility index (Phi) is 6.22. The van der Waals surface area contributed by atoms with Crippen LogP contribution in [0.3, 0.4) is 0 Å². The van der Waals surface area contributed by atoms with E-state index in [1.54, 1.807) is 36.1 Å². The van der Waals surface area contributed by atoms with E-state index >= 15 is 0 Å². The van der Waals surface area contributed by atoms with Crippen LogP contribution in [-0.2, 0) is 11.8 Å². The zero-order valence-corrected chi connectivity index (χ0v) is 22.1. The van der Waals surface area contributed by atoms with Crippen molar-refractivity contribution in [3.8, 4) is 16.9 Å². The number of Topliss-reactive ketones (excluding diaryl/α,β-unsaturated/α-hetero) is 1. The minimum absolute atomic E-state index is 0.157. The van der Waals surface area contributed by atoms with Crippen molar-refractivity contribution >= 4 is 29.0 Å². The third kappa shape index (κ3) is 4.58. The molecule has 1 amide bonds. The van der Waals surface area contributed by atoms with Gasteiger partial charge in [-0.15, -0.1) is 0 Å². The summed E-state index contributed by atoms with van der Waals surface area (Å²) >= 11 is 0. The molecule has 0 aliphatic carbocycles. The Bertz CT molecular complexity index is 1550. The predicted molar refractivity (Wildman–Crippen MR) is 148 cm³/mol. The lowest BCUT2D eigenvalue weighted by atomic mass is 10.1. The lowest BCUT2D eigenvalue weighted by Gasteiger charge is -2.45. The van der Waals surface area contributed by atoms with Gasteiger partial charge in [0.25, 0.3) is 11.7 Å². The average Bonchev–Trinajstić information content (AvgIpc) is 3.26. The van der Waals surface area contributed by atoms with Gasteiger partial charge in [0.2, 0.25) is 5.95 Å². The fourth-order valence-corrected chi connectivity index (χ4v) is 5.22. The number of nitrogens with zero attached hydrogens (tertiary/aromatic N) is 6. The van der Waals surface area contributed by atoms with Gasteiger partial charge >= 0.3 is 0 Å². The summed E-state index contributed by atoms with van der Waals surface area (Å²) in [5, 5.41) is 2.77. The lowest BCUT2D eigenvalue weighted by Crippen LogP contribution is -2.57. The quantitative estimate of drug-likeness (QED) is 0.314. The van der Waals surface area contributed by atoms with Crippen molar-refractivity contribution in [2.24, 2.45) is 7.05 Å². The van der Waals surface area contributed by atoms with Gasteiger partial charge in [-0.1, -0.05) is 6.07 Å². The third-order valence-electron chi connectivity index (χ3n) is 7.36. The van der Waals surface area contributed by atoms with Gasteiger partial charge in [-0.3, -0.25) is 14.6 Å². The summed E-state index contributed by atoms with van der Waals surface area (Å²) in [5.74, 6) is 0.0930. The zero-order valence-electron chi connectivity index (χ0n) is 22.1. The highest BCUT2D eigenvalue weighted by Gasteiger charge is 2.34. The maximum absolute atomic E-state index is 13.3. The first-order valence-electron chi connectivity index (χ1n) is 12.9. The van der Waals surface area contributed by atoms with E-state index < -0.39 is 11.7 Å². The van der Waals surface area contributed by atoms with Crippen LogP contribution >= 0.6 is 0 Å². The summed E-state index contributed by atoms with van der Waals surface area (Å²) in [7, 11) is 1.78. The molecule has 4 aromatic rings. The number of hydrogen-bond acceptors (Lipinski definition) is 8. The molecule has 5 heterocycles. The smallest absolute Gasteiger partial charge is 0.298 e. The summed E-state index contributed by atoms with van der Waals surface area (Å²) < 4.78 is 7.84. The predicted octanol–water partition coefficient (Wildman–Crippen LogP) is 3.40. The molecule has 0 bridgehead atoms. The molecule has 6 rings (SSSR count). The number of carbonyl (C=O) groups excluding carboxylic acids is 2. The standard InChI is InChI=1S/C29H29N7O3/c1-18-13-31-29(32-14-18)35-9-10-36-22(16-35)17-39-25-12-21(6-7-24(25)36)33-28(38)27(37)26-23(11-19(2)34(26)3)20-5-4-8-30-15-20/h4-8,11-15,22H,9-10,16-17H2,1-3H3,(H,33,38). The highest BCUT2D eigenvalue weighted by atomic mass is 16.5. The maximum Gasteiger partial charge on any atom is 0.298 e. The van der Waals surface area contributed by atoms with Gasteiger partial charge in [0.05, 0.1) is 11.7 Å². The molecule has 1 saturated heterocycles. The number of nitrogens with one attached hydrogen (secondary N) is 1. The molecule has 1 fully saturated rings. The maximum atomic E-state index is 13.3. The van der Waals surface area contributed by atoms with Crippen LogP contribution < -0.4 is 19.9 Å². The Hall–Kier alpha value is -4.73. The van der Waals surface area contributed by atoms with Crippen molar-refractivity contribution in [2.75, 3.05) is 41.4 Å². The topological polar surface area (TPSA) is 105 Å². The Morgan fingerprint density at radius 2 is 1.87 bits per heavy atom. The molecule has 2 aliphatic heterocycles. The lowest BCUT2D eigenvalue weighted by molar-refractivity contribution is -0.112. The van der Waals surface area contributed by atoms with E-state index in [1.165, 1.54) is 0 Å². The molecule has 10 heteroatoms. The second-order valence-corrected chi connectivity index (χ2v) is 9.98. The SMILES string of the molecule is Cc1cnc(N2CCN3c4ccc(NC(=O)C(=O)c5c(-c6cccnc6)cc(C)n5C)cc4OCC3C2)nc1. The highest BCUT2D eigenvalue weighted by Crippen LogP contribution is 2.38. The van der Waals surface area contributed by atoms with Gasteiger partial charge in [-0.25, -0.2) is 9.97 Å². The Morgan fingerprint density at radius 3 is 2.64 bits per heavy atom. The summed E-state index contributed by atoms with van der Waals surface area (Å²) in [6.45, 7) is 6.72. The molecule has 198 valence electrons. The van der Waals surface area contributed by atoms with Crippen LogP contribution in [0, 0.1) is 13.8 Å². The number of anilines is 3. The molecule has 1 unspecified atom stereocenters. The van der Waals surface area contributed by atoms with Crippen molar-refractivity contribution in [3.63, 3.8) is 0 Å². The van der Waals surface area contributed by atoms with Crippen LogP contribution in [-0.4, -0.2) is 63.5 Å². The van der Waals surface area contributed by atoms with Crippen molar-refractivity contribution in [2.45, 2.75) is 19.9 Å². The molecule has 10 nitrogen and oxygen atoms in total. The molecule has 2 aliphatic rings. The number of ketones is 1. The fraction of sp³-hybridized carbons (Fsp3) is 0.276. The van der Waals surface area contributed by atoms with Crippen LogP contribution in [0.2, 0.25) is 0 Å². The molecule has 0 saturated carbocycles. The Morgan fingerprint density at radius 1 is 1.05 bits per heavy atom. The van der Waals surface area contributed by atoms with E-state index in [0.29, 0.717) is 29.3 Å². The van der Waals surface area contributed by atoms with Gasteiger partial charge in [0.1, 0.15) is 18.1 Å². The Labute approximate surface area is 226 Å². The monoisotopic (exact) mass is 523 g/mol. The molecule has 1 N–H and O–H groups in total. The number of carbonyl (C=O) groups is 2. The number of fused-ring (bicyclic) bond motifs is 3. The third-order valence-corrected chi connectivity index (χ3v) is 7.36.